The summed E-state index contributed by atoms with van der Waals surface area (Å²) in [4.78, 5) is 8.09. The minimum absolute atomic E-state index is 0.679. The van der Waals surface area contributed by atoms with Crippen molar-refractivity contribution in [2.45, 2.75) is 52.4 Å². The first-order valence-corrected chi connectivity index (χ1v) is 15.3. The van der Waals surface area contributed by atoms with Gasteiger partial charge in [-0.1, -0.05) is 26.7 Å². The molecular formula is C28H40O4S3. The molecule has 7 heteroatoms. The maximum atomic E-state index is 5.73. The summed E-state index contributed by atoms with van der Waals surface area (Å²) in [6, 6.07) is 13.5. The molecule has 0 aromatic carbocycles. The van der Waals surface area contributed by atoms with Crippen LogP contribution in [0.4, 0.5) is 0 Å². The molecule has 0 saturated carbocycles. The van der Waals surface area contributed by atoms with Gasteiger partial charge in [-0.2, -0.15) is 0 Å². The number of ether oxygens (including phenoxy) is 4. The fourth-order valence-corrected chi connectivity index (χ4v) is 6.54. The molecule has 3 aromatic rings. The second-order valence-corrected chi connectivity index (χ2v) is 11.8. The highest BCUT2D eigenvalue weighted by Gasteiger charge is 2.10. The van der Waals surface area contributed by atoms with Gasteiger partial charge in [-0.25, -0.2) is 0 Å². The molecular weight excluding hydrogens is 497 g/mol. The van der Waals surface area contributed by atoms with Gasteiger partial charge in [0.15, 0.2) is 0 Å². The second kappa shape index (κ2) is 17.4. The fourth-order valence-electron chi connectivity index (χ4n) is 3.37. The van der Waals surface area contributed by atoms with Crippen LogP contribution in [0, 0.1) is 0 Å². The molecule has 3 aromatic heterocycles. The van der Waals surface area contributed by atoms with Gasteiger partial charge < -0.3 is 18.9 Å². The zero-order valence-electron chi connectivity index (χ0n) is 21.2. The lowest BCUT2D eigenvalue weighted by Gasteiger charge is -2.04. The van der Waals surface area contributed by atoms with Crippen molar-refractivity contribution in [3.63, 3.8) is 0 Å². The van der Waals surface area contributed by atoms with Gasteiger partial charge in [0.05, 0.1) is 39.6 Å². The SMILES string of the molecule is CCCCOCCOCCc1ccc(-c2ccc(-c3ccc(CCOCCOCCCC)s3)s2)s1. The van der Waals surface area contributed by atoms with Gasteiger partial charge in [-0.05, 0) is 49.2 Å². The number of unbranched alkanes of at least 4 members (excludes halogenated alkanes) is 2. The Labute approximate surface area is 223 Å². The lowest BCUT2D eigenvalue weighted by molar-refractivity contribution is 0.0480. The average molecular weight is 537 g/mol. The normalized spacial score (nSPS) is 11.5. The lowest BCUT2D eigenvalue weighted by atomic mass is 10.3. The third-order valence-electron chi connectivity index (χ3n) is 5.43. The molecule has 3 rings (SSSR count). The van der Waals surface area contributed by atoms with Crippen LogP contribution in [0.15, 0.2) is 36.4 Å². The van der Waals surface area contributed by atoms with Crippen molar-refractivity contribution in [2.24, 2.45) is 0 Å². The van der Waals surface area contributed by atoms with Gasteiger partial charge in [0.25, 0.3) is 0 Å². The van der Waals surface area contributed by atoms with E-state index in [1.54, 1.807) is 0 Å². The van der Waals surface area contributed by atoms with Crippen LogP contribution in [0.3, 0.4) is 0 Å². The molecule has 0 spiro atoms. The Kier molecular flexibility index (Phi) is 14.2. The van der Waals surface area contributed by atoms with Crippen LogP contribution in [0.25, 0.3) is 19.5 Å². The Hall–Kier alpha value is -1.06. The van der Waals surface area contributed by atoms with E-state index in [2.05, 4.69) is 50.2 Å². The van der Waals surface area contributed by atoms with Crippen molar-refractivity contribution in [1.29, 1.82) is 0 Å². The molecule has 35 heavy (non-hydrogen) atoms. The molecule has 0 radical (unpaired) electrons. The van der Waals surface area contributed by atoms with Gasteiger partial charge in [0.2, 0.25) is 0 Å². The summed E-state index contributed by atoms with van der Waals surface area (Å²) in [5.41, 5.74) is 0. The van der Waals surface area contributed by atoms with Crippen molar-refractivity contribution in [3.8, 4) is 19.5 Å². The first-order valence-electron chi connectivity index (χ1n) is 12.9. The van der Waals surface area contributed by atoms with Crippen LogP contribution in [-0.2, 0) is 31.8 Å². The summed E-state index contributed by atoms with van der Waals surface area (Å²) in [6.07, 6.45) is 6.51. The molecule has 0 unspecified atom stereocenters. The van der Waals surface area contributed by atoms with Crippen LogP contribution in [0.2, 0.25) is 0 Å². The third-order valence-corrected chi connectivity index (χ3v) is 9.20. The Morgan fingerprint density at radius 3 is 1.26 bits per heavy atom. The smallest absolute Gasteiger partial charge is 0.0700 e. The topological polar surface area (TPSA) is 36.9 Å². The molecule has 0 fully saturated rings. The molecule has 194 valence electrons. The number of hydrogen-bond acceptors (Lipinski definition) is 7. The Morgan fingerprint density at radius 2 is 0.829 bits per heavy atom. The highest BCUT2D eigenvalue weighted by molar-refractivity contribution is 7.26. The van der Waals surface area contributed by atoms with E-state index in [0.717, 1.165) is 52.1 Å². The Bertz CT molecular complexity index is 857. The van der Waals surface area contributed by atoms with Crippen molar-refractivity contribution in [2.75, 3.05) is 52.9 Å². The predicted octanol–water partition coefficient (Wildman–Crippen LogP) is 7.96. The van der Waals surface area contributed by atoms with Crippen LogP contribution >= 0.6 is 34.0 Å². The molecule has 0 aliphatic rings. The molecule has 0 atom stereocenters. The lowest BCUT2D eigenvalue weighted by Crippen LogP contribution is -2.07. The number of thiophene rings is 3. The van der Waals surface area contributed by atoms with Gasteiger partial charge in [-0.3, -0.25) is 0 Å². The van der Waals surface area contributed by atoms with Crippen LogP contribution < -0.4 is 0 Å². The quantitative estimate of drug-likeness (QED) is 0.137. The van der Waals surface area contributed by atoms with E-state index < -0.39 is 0 Å². The first kappa shape index (κ1) is 28.5. The highest BCUT2D eigenvalue weighted by Crippen LogP contribution is 2.40. The fraction of sp³-hybridized carbons (Fsp3) is 0.571. The van der Waals surface area contributed by atoms with Crippen LogP contribution in [-0.4, -0.2) is 52.9 Å². The average Bonchev–Trinajstić information content (AvgIpc) is 3.63. The van der Waals surface area contributed by atoms with Gasteiger partial charge >= 0.3 is 0 Å². The number of hydrogen-bond donors (Lipinski definition) is 0. The monoisotopic (exact) mass is 536 g/mol. The third kappa shape index (κ3) is 10.8. The van der Waals surface area contributed by atoms with Crippen molar-refractivity contribution in [1.82, 2.24) is 0 Å². The van der Waals surface area contributed by atoms with Gasteiger partial charge in [0.1, 0.15) is 0 Å². The van der Waals surface area contributed by atoms with Crippen LogP contribution in [0.5, 0.6) is 0 Å². The molecule has 0 saturated heterocycles. The van der Waals surface area contributed by atoms with E-state index in [-0.39, 0.29) is 0 Å². The summed E-state index contributed by atoms with van der Waals surface area (Å²) >= 11 is 5.62. The van der Waals surface area contributed by atoms with E-state index in [9.17, 15) is 0 Å². The van der Waals surface area contributed by atoms with Crippen LogP contribution in [0.1, 0.15) is 49.3 Å². The Balaban J connectivity index is 1.36. The minimum atomic E-state index is 0.679. The predicted molar refractivity (Wildman–Crippen MR) is 151 cm³/mol. The summed E-state index contributed by atoms with van der Waals surface area (Å²) < 4.78 is 22.5. The maximum Gasteiger partial charge on any atom is 0.0700 e. The standard InChI is InChI=1S/C28H40O4S3/c1-3-5-15-29-19-21-31-17-13-23-7-9-25(33-23)27-11-12-28(35-27)26-10-8-24(34-26)14-18-32-22-20-30-16-6-4-2/h7-12H,3-6,13-22H2,1-2H3. The Morgan fingerprint density at radius 1 is 0.457 bits per heavy atom. The summed E-state index contributed by atoms with van der Waals surface area (Å²) in [5, 5.41) is 0. The molecule has 0 bridgehead atoms. The zero-order valence-corrected chi connectivity index (χ0v) is 23.7. The molecule has 4 nitrogen and oxygen atoms in total. The van der Waals surface area contributed by atoms with Gasteiger partial charge in [0, 0.05) is 55.3 Å². The van der Waals surface area contributed by atoms with Crippen molar-refractivity contribution in [3.05, 3.63) is 46.2 Å². The van der Waals surface area contributed by atoms with E-state index in [4.69, 9.17) is 18.9 Å². The molecule has 0 amide bonds. The van der Waals surface area contributed by atoms with E-state index in [0.29, 0.717) is 26.4 Å². The van der Waals surface area contributed by atoms with Gasteiger partial charge in [-0.15, -0.1) is 34.0 Å². The van der Waals surface area contributed by atoms with Crippen molar-refractivity contribution >= 4 is 34.0 Å². The highest BCUT2D eigenvalue weighted by atomic mass is 32.1. The van der Waals surface area contributed by atoms with E-state index in [1.165, 1.54) is 42.1 Å². The largest absolute Gasteiger partial charge is 0.379 e. The molecule has 0 aliphatic heterocycles. The van der Waals surface area contributed by atoms with Crippen molar-refractivity contribution < 1.29 is 18.9 Å². The van der Waals surface area contributed by atoms with E-state index >= 15 is 0 Å². The zero-order chi connectivity index (χ0) is 24.6. The van der Waals surface area contributed by atoms with E-state index in [1.807, 2.05) is 34.0 Å². The summed E-state index contributed by atoms with van der Waals surface area (Å²) in [6.45, 7) is 10.3. The number of rotatable bonds is 20. The first-order chi connectivity index (χ1) is 17.3. The molecule has 0 aliphatic carbocycles. The minimum Gasteiger partial charge on any atom is -0.379 e. The maximum absolute atomic E-state index is 5.73. The molecule has 0 N–H and O–H groups in total. The second-order valence-electron chi connectivity index (χ2n) is 8.35. The summed E-state index contributed by atoms with van der Waals surface area (Å²) in [5.74, 6) is 0. The molecule has 3 heterocycles. The summed E-state index contributed by atoms with van der Waals surface area (Å²) in [7, 11) is 0.